The lowest BCUT2D eigenvalue weighted by molar-refractivity contribution is -0.137. The van der Waals surface area contributed by atoms with Crippen LogP contribution in [0.15, 0.2) is 24.5 Å². The lowest BCUT2D eigenvalue weighted by atomic mass is 9.84. The molecule has 0 radical (unpaired) electrons. The summed E-state index contributed by atoms with van der Waals surface area (Å²) in [4.78, 5) is 37.7. The molecule has 1 aromatic heterocycles. The van der Waals surface area contributed by atoms with E-state index in [0.29, 0.717) is 30.6 Å². The number of hydrogen-bond donors (Lipinski definition) is 2. The first kappa shape index (κ1) is 26.1. The van der Waals surface area contributed by atoms with Gasteiger partial charge in [0.2, 0.25) is 11.8 Å². The van der Waals surface area contributed by atoms with Gasteiger partial charge >= 0.3 is 6.18 Å². The van der Waals surface area contributed by atoms with E-state index in [9.17, 15) is 22.8 Å². The van der Waals surface area contributed by atoms with Crippen LogP contribution in [-0.2, 0) is 15.8 Å². The molecule has 2 N–H and O–H groups in total. The Hall–Kier alpha value is -2.95. The second-order valence-corrected chi connectivity index (χ2v) is 10.1. The van der Waals surface area contributed by atoms with Crippen molar-refractivity contribution in [3.63, 3.8) is 0 Å². The average Bonchev–Trinajstić information content (AvgIpc) is 3.17. The summed E-state index contributed by atoms with van der Waals surface area (Å²) in [6.07, 6.45) is -0.318. The highest BCUT2D eigenvalue weighted by Gasteiger charge is 2.43. The van der Waals surface area contributed by atoms with Crippen molar-refractivity contribution in [2.24, 2.45) is 0 Å². The molecule has 8 nitrogen and oxygen atoms in total. The van der Waals surface area contributed by atoms with Crippen LogP contribution in [0.4, 0.5) is 19.0 Å². The van der Waals surface area contributed by atoms with Gasteiger partial charge in [0.1, 0.15) is 18.2 Å². The van der Waals surface area contributed by atoms with Crippen LogP contribution in [0.2, 0.25) is 0 Å². The quantitative estimate of drug-likeness (QED) is 0.624. The number of halogens is 3. The molecule has 2 heterocycles. The minimum atomic E-state index is -4.50. The number of carbonyl (C=O) groups is 2. The molecule has 0 bridgehead atoms. The highest BCUT2D eigenvalue weighted by atomic mass is 19.4. The molecule has 1 unspecified atom stereocenters. The number of nitrogens with one attached hydrogen (secondary N) is 2. The predicted molar refractivity (Wildman–Crippen MR) is 130 cm³/mol. The van der Waals surface area contributed by atoms with Crippen LogP contribution >= 0.6 is 0 Å². The molecular weight excluding hydrogens is 473 g/mol. The van der Waals surface area contributed by atoms with E-state index >= 15 is 0 Å². The molecule has 1 saturated carbocycles. The normalized spacial score (nSPS) is 25.1. The molecule has 196 valence electrons. The van der Waals surface area contributed by atoms with Crippen molar-refractivity contribution in [3.05, 3.63) is 30.1 Å². The third kappa shape index (κ3) is 5.40. The molecule has 2 fully saturated rings. The molecule has 1 aliphatic carbocycles. The van der Waals surface area contributed by atoms with Crippen LogP contribution in [0.5, 0.6) is 0 Å². The Bertz CT molecular complexity index is 1120. The minimum Gasteiger partial charge on any atom is -0.358 e. The molecule has 1 saturated heterocycles. The largest absolute Gasteiger partial charge is 0.416 e. The van der Waals surface area contributed by atoms with Gasteiger partial charge in [-0.2, -0.15) is 13.2 Å². The van der Waals surface area contributed by atoms with Gasteiger partial charge in [0.05, 0.1) is 23.2 Å². The first-order valence-electron chi connectivity index (χ1n) is 12.3. The molecule has 1 aromatic carbocycles. The number of benzene rings is 1. The summed E-state index contributed by atoms with van der Waals surface area (Å²) < 4.78 is 39.8. The van der Waals surface area contributed by atoms with Crippen molar-refractivity contribution in [1.29, 1.82) is 0 Å². The van der Waals surface area contributed by atoms with E-state index < -0.39 is 17.8 Å². The summed E-state index contributed by atoms with van der Waals surface area (Å²) in [5.74, 6) is -0.0659. The van der Waals surface area contributed by atoms with E-state index in [1.807, 2.05) is 4.90 Å². The molecule has 2 aromatic rings. The van der Waals surface area contributed by atoms with Gasteiger partial charge in [0.15, 0.2) is 0 Å². The van der Waals surface area contributed by atoms with Crippen molar-refractivity contribution in [2.75, 3.05) is 18.9 Å². The zero-order valence-electron chi connectivity index (χ0n) is 21.0. The molecule has 0 spiro atoms. The maximum Gasteiger partial charge on any atom is 0.416 e. The number of nitrogens with zero attached hydrogens (tertiary/aromatic N) is 4. The zero-order valence-corrected chi connectivity index (χ0v) is 21.0. The van der Waals surface area contributed by atoms with Gasteiger partial charge in [0, 0.05) is 30.9 Å². The van der Waals surface area contributed by atoms with Gasteiger partial charge in [0.25, 0.3) is 0 Å². The molecule has 4 atom stereocenters. The summed E-state index contributed by atoms with van der Waals surface area (Å²) in [7, 11) is 2.08. The number of alkyl halides is 3. The maximum absolute atomic E-state index is 13.4. The summed E-state index contributed by atoms with van der Waals surface area (Å²) in [5.41, 5.74) is -0.436. The van der Waals surface area contributed by atoms with Crippen LogP contribution in [0, 0.1) is 0 Å². The lowest BCUT2D eigenvalue weighted by Gasteiger charge is -2.44. The Kier molecular flexibility index (Phi) is 7.40. The topological polar surface area (TPSA) is 90.5 Å². The van der Waals surface area contributed by atoms with Crippen LogP contribution in [0.25, 0.3) is 10.9 Å². The van der Waals surface area contributed by atoms with Gasteiger partial charge in [-0.15, -0.1) is 0 Å². The monoisotopic (exact) mass is 506 g/mol. The molecule has 1 aliphatic heterocycles. The van der Waals surface area contributed by atoms with E-state index in [0.717, 1.165) is 31.4 Å². The second-order valence-electron chi connectivity index (χ2n) is 10.1. The third-order valence-corrected chi connectivity index (χ3v) is 7.48. The van der Waals surface area contributed by atoms with Crippen molar-refractivity contribution in [2.45, 2.75) is 82.8 Å². The number of fused-ring (bicyclic) bond motifs is 1. The predicted octanol–water partition coefficient (Wildman–Crippen LogP) is 3.43. The number of amides is 2. The number of rotatable bonds is 6. The first-order valence-corrected chi connectivity index (χ1v) is 12.3. The lowest BCUT2D eigenvalue weighted by Crippen LogP contribution is -2.58. The summed E-state index contributed by atoms with van der Waals surface area (Å²) in [6.45, 7) is 6.25. The molecule has 11 heteroatoms. The fourth-order valence-corrected chi connectivity index (χ4v) is 5.39. The number of hydrogen-bond acceptors (Lipinski definition) is 6. The maximum atomic E-state index is 13.4. The van der Waals surface area contributed by atoms with E-state index in [2.05, 4.69) is 46.4 Å². The standard InChI is InChI=1S/C25H33F3N6O2/c1-14(2)33(4)17-6-8-22(21(12-17)31-15(3)35)34-10-9-20(24(34)36)32-23-18-11-16(25(26,27)28)5-7-19(18)29-13-30-23/h5,7,11,13-14,17,20-22H,6,8-10,12H2,1-4H3,(H,31,35)(H,29,30,32)/t17?,20-,21+,22-/m0/s1. The fraction of sp³-hybridized carbons (Fsp3) is 0.600. The Morgan fingerprint density at radius 2 is 1.94 bits per heavy atom. The molecule has 2 amide bonds. The fourth-order valence-electron chi connectivity index (χ4n) is 5.39. The van der Waals surface area contributed by atoms with Crippen LogP contribution in [0.1, 0.15) is 52.0 Å². The van der Waals surface area contributed by atoms with Crippen molar-refractivity contribution in [1.82, 2.24) is 25.1 Å². The molecule has 2 aliphatic rings. The van der Waals surface area contributed by atoms with Gasteiger partial charge < -0.3 is 20.4 Å². The highest BCUT2D eigenvalue weighted by Crippen LogP contribution is 2.34. The van der Waals surface area contributed by atoms with Crippen molar-refractivity contribution >= 4 is 28.5 Å². The van der Waals surface area contributed by atoms with Gasteiger partial charge in [-0.1, -0.05) is 0 Å². The smallest absolute Gasteiger partial charge is 0.358 e. The molecule has 4 rings (SSSR count). The number of anilines is 1. The van der Waals surface area contributed by atoms with Gasteiger partial charge in [-0.05, 0) is 64.8 Å². The minimum absolute atomic E-state index is 0.132. The third-order valence-electron chi connectivity index (χ3n) is 7.48. The Morgan fingerprint density at radius 3 is 2.61 bits per heavy atom. The summed E-state index contributed by atoms with van der Waals surface area (Å²) >= 11 is 0. The number of likely N-dealkylation sites (tertiary alicyclic amines) is 1. The molecular formula is C25H33F3N6O2. The Balaban J connectivity index is 1.52. The summed E-state index contributed by atoms with van der Waals surface area (Å²) in [6, 6.07) is 3.05. The first-order chi connectivity index (χ1) is 17.0. The van der Waals surface area contributed by atoms with Crippen molar-refractivity contribution in [3.8, 4) is 0 Å². The van der Waals surface area contributed by atoms with Gasteiger partial charge in [-0.25, -0.2) is 9.97 Å². The van der Waals surface area contributed by atoms with Crippen molar-refractivity contribution < 1.29 is 22.8 Å². The average molecular weight is 507 g/mol. The molecule has 36 heavy (non-hydrogen) atoms. The number of carbonyl (C=O) groups excluding carboxylic acids is 2. The van der Waals surface area contributed by atoms with E-state index in [4.69, 9.17) is 0 Å². The summed E-state index contributed by atoms with van der Waals surface area (Å²) in [5, 5.41) is 6.34. The van der Waals surface area contributed by atoms with E-state index in [1.165, 1.54) is 19.3 Å². The zero-order chi connectivity index (χ0) is 26.2. The Morgan fingerprint density at radius 1 is 1.19 bits per heavy atom. The van der Waals surface area contributed by atoms with Crippen LogP contribution in [0.3, 0.4) is 0 Å². The SMILES string of the molecule is CC(=O)N[C@@H]1CC(N(C)C(C)C)CC[C@@H]1N1CC[C@H](Nc2ncnc3ccc(C(F)(F)F)cc23)C1=O. The van der Waals surface area contributed by atoms with Crippen LogP contribution < -0.4 is 10.6 Å². The van der Waals surface area contributed by atoms with E-state index in [1.54, 1.807) is 0 Å². The van der Waals surface area contributed by atoms with Crippen LogP contribution in [-0.4, -0.2) is 75.4 Å². The second kappa shape index (κ2) is 10.2. The highest BCUT2D eigenvalue weighted by molar-refractivity contribution is 5.93. The Labute approximate surface area is 208 Å². The number of aromatic nitrogens is 2. The van der Waals surface area contributed by atoms with E-state index in [-0.39, 0.29) is 35.1 Å². The van der Waals surface area contributed by atoms with Gasteiger partial charge in [-0.3, -0.25) is 9.59 Å².